The predicted octanol–water partition coefficient (Wildman–Crippen LogP) is 4.37. The molecule has 0 unspecified atom stereocenters. The summed E-state index contributed by atoms with van der Waals surface area (Å²) in [4.78, 5) is 2.51. The maximum Gasteiger partial charge on any atom is 0.0420 e. The summed E-state index contributed by atoms with van der Waals surface area (Å²) in [6, 6.07) is 16.1. The van der Waals surface area contributed by atoms with Crippen LogP contribution in [0.4, 0.5) is 5.69 Å². The molecule has 0 spiro atoms. The van der Waals surface area contributed by atoms with Gasteiger partial charge in [-0.05, 0) is 39.1 Å². The molecule has 0 atom stereocenters. The summed E-state index contributed by atoms with van der Waals surface area (Å²) < 4.78 is 0. The van der Waals surface area contributed by atoms with Gasteiger partial charge in [0.2, 0.25) is 0 Å². The molecule has 0 saturated carbocycles. The molecule has 0 aliphatic rings. The van der Waals surface area contributed by atoms with E-state index >= 15 is 0 Å². The molecule has 1 N–H and O–H groups in total. The molecule has 20 heavy (non-hydrogen) atoms. The average Bonchev–Trinajstić information content (AvgIpc) is 2.42. The van der Waals surface area contributed by atoms with Crippen LogP contribution in [0.1, 0.15) is 27.7 Å². The molecule has 2 heteroatoms. The second-order valence-corrected chi connectivity index (χ2v) is 5.88. The maximum atomic E-state index is 3.59. The van der Waals surface area contributed by atoms with Crippen LogP contribution >= 0.6 is 0 Å². The Bertz CT molecular complexity index is 533. The molecule has 0 bridgehead atoms. The standard InChI is InChI=1S/C18H26N2/c1-14(2)20(15(3)4)13-12-19-18-11-7-9-16-8-5-6-10-17(16)18/h5-11,14-15,19H,12-13H2,1-4H3. The van der Waals surface area contributed by atoms with Gasteiger partial charge in [-0.2, -0.15) is 0 Å². The van der Waals surface area contributed by atoms with E-state index in [0.29, 0.717) is 12.1 Å². The van der Waals surface area contributed by atoms with Gasteiger partial charge in [-0.1, -0.05) is 36.4 Å². The number of nitrogens with zero attached hydrogens (tertiary/aromatic N) is 1. The minimum absolute atomic E-state index is 0.587. The zero-order valence-electron chi connectivity index (χ0n) is 13.1. The van der Waals surface area contributed by atoms with Crippen LogP contribution in [0.2, 0.25) is 0 Å². The quantitative estimate of drug-likeness (QED) is 0.838. The van der Waals surface area contributed by atoms with E-state index in [1.165, 1.54) is 16.5 Å². The largest absolute Gasteiger partial charge is 0.383 e. The minimum atomic E-state index is 0.587. The van der Waals surface area contributed by atoms with Crippen LogP contribution in [0.15, 0.2) is 42.5 Å². The average molecular weight is 270 g/mol. The van der Waals surface area contributed by atoms with E-state index in [4.69, 9.17) is 0 Å². The summed E-state index contributed by atoms with van der Waals surface area (Å²) in [6.45, 7) is 11.1. The fraction of sp³-hybridized carbons (Fsp3) is 0.444. The van der Waals surface area contributed by atoms with Gasteiger partial charge in [0.15, 0.2) is 0 Å². The Hall–Kier alpha value is -1.54. The highest BCUT2D eigenvalue weighted by Crippen LogP contribution is 2.22. The normalized spacial score (nSPS) is 11.8. The summed E-state index contributed by atoms with van der Waals surface area (Å²) >= 11 is 0. The van der Waals surface area contributed by atoms with Crippen LogP contribution in [-0.4, -0.2) is 30.1 Å². The van der Waals surface area contributed by atoms with Crippen molar-refractivity contribution in [3.05, 3.63) is 42.5 Å². The first-order chi connectivity index (χ1) is 9.59. The van der Waals surface area contributed by atoms with Gasteiger partial charge < -0.3 is 5.32 Å². The molecule has 0 aromatic heterocycles. The van der Waals surface area contributed by atoms with Crippen molar-refractivity contribution < 1.29 is 0 Å². The molecule has 0 aliphatic carbocycles. The first-order valence-electron chi connectivity index (χ1n) is 7.57. The van der Waals surface area contributed by atoms with Crippen molar-refractivity contribution in [3.8, 4) is 0 Å². The van der Waals surface area contributed by atoms with Crippen LogP contribution in [-0.2, 0) is 0 Å². The molecule has 0 amide bonds. The monoisotopic (exact) mass is 270 g/mol. The number of hydrogen-bond acceptors (Lipinski definition) is 2. The number of fused-ring (bicyclic) bond motifs is 1. The van der Waals surface area contributed by atoms with Gasteiger partial charge in [0.05, 0.1) is 0 Å². The lowest BCUT2D eigenvalue weighted by atomic mass is 10.1. The third-order valence-electron chi connectivity index (χ3n) is 3.80. The molecule has 108 valence electrons. The van der Waals surface area contributed by atoms with Crippen LogP contribution < -0.4 is 5.32 Å². The highest BCUT2D eigenvalue weighted by atomic mass is 15.2. The first-order valence-corrected chi connectivity index (χ1v) is 7.57. The van der Waals surface area contributed by atoms with Gasteiger partial charge in [-0.3, -0.25) is 4.90 Å². The lowest BCUT2D eigenvalue weighted by Crippen LogP contribution is -2.40. The SMILES string of the molecule is CC(C)N(CCNc1cccc2ccccc12)C(C)C. The zero-order chi connectivity index (χ0) is 14.5. The number of hydrogen-bond donors (Lipinski definition) is 1. The Morgan fingerprint density at radius 1 is 0.900 bits per heavy atom. The Morgan fingerprint density at radius 3 is 2.25 bits per heavy atom. The summed E-state index contributed by atoms with van der Waals surface area (Å²) in [5.41, 5.74) is 1.23. The van der Waals surface area contributed by atoms with Gasteiger partial charge in [-0.15, -0.1) is 0 Å². The van der Waals surface area contributed by atoms with Gasteiger partial charge in [0.1, 0.15) is 0 Å². The summed E-state index contributed by atoms with van der Waals surface area (Å²) in [6.07, 6.45) is 0. The Labute approximate surface area is 122 Å². The van der Waals surface area contributed by atoms with E-state index in [0.717, 1.165) is 13.1 Å². The second kappa shape index (κ2) is 6.76. The lowest BCUT2D eigenvalue weighted by Gasteiger charge is -2.30. The fourth-order valence-electron chi connectivity index (χ4n) is 2.81. The first kappa shape index (κ1) is 14.9. The molecular formula is C18H26N2. The smallest absolute Gasteiger partial charge is 0.0420 e. The van der Waals surface area contributed by atoms with Crippen LogP contribution in [0, 0.1) is 0 Å². The van der Waals surface area contributed by atoms with Crippen LogP contribution in [0.5, 0.6) is 0 Å². The number of nitrogens with one attached hydrogen (secondary N) is 1. The number of anilines is 1. The van der Waals surface area contributed by atoms with Crippen molar-refractivity contribution in [1.82, 2.24) is 4.90 Å². The Kier molecular flexibility index (Phi) is 5.02. The lowest BCUT2D eigenvalue weighted by molar-refractivity contribution is 0.182. The van der Waals surface area contributed by atoms with Crippen molar-refractivity contribution >= 4 is 16.5 Å². The third-order valence-corrected chi connectivity index (χ3v) is 3.80. The molecule has 0 fully saturated rings. The third kappa shape index (κ3) is 3.51. The summed E-state index contributed by atoms with van der Waals surface area (Å²) in [5.74, 6) is 0. The van der Waals surface area contributed by atoms with Gasteiger partial charge in [0.25, 0.3) is 0 Å². The zero-order valence-corrected chi connectivity index (χ0v) is 13.1. The number of benzene rings is 2. The van der Waals surface area contributed by atoms with Gasteiger partial charge in [-0.25, -0.2) is 0 Å². The van der Waals surface area contributed by atoms with E-state index < -0.39 is 0 Å². The minimum Gasteiger partial charge on any atom is -0.383 e. The topological polar surface area (TPSA) is 15.3 Å². The van der Waals surface area contributed by atoms with Gasteiger partial charge in [0, 0.05) is 36.2 Å². The summed E-state index contributed by atoms with van der Waals surface area (Å²) in [7, 11) is 0. The molecule has 0 heterocycles. The summed E-state index contributed by atoms with van der Waals surface area (Å²) in [5, 5.41) is 6.18. The molecule has 0 saturated heterocycles. The maximum absolute atomic E-state index is 3.59. The Morgan fingerprint density at radius 2 is 1.55 bits per heavy atom. The molecule has 2 aromatic carbocycles. The van der Waals surface area contributed by atoms with E-state index in [1.54, 1.807) is 0 Å². The molecule has 2 rings (SSSR count). The van der Waals surface area contributed by atoms with E-state index in [9.17, 15) is 0 Å². The van der Waals surface area contributed by atoms with Gasteiger partial charge >= 0.3 is 0 Å². The van der Waals surface area contributed by atoms with E-state index in [-0.39, 0.29) is 0 Å². The second-order valence-electron chi connectivity index (χ2n) is 5.88. The van der Waals surface area contributed by atoms with Crippen molar-refractivity contribution in [2.45, 2.75) is 39.8 Å². The van der Waals surface area contributed by atoms with Crippen LogP contribution in [0.3, 0.4) is 0 Å². The molecule has 2 aromatic rings. The molecule has 2 nitrogen and oxygen atoms in total. The number of rotatable bonds is 6. The van der Waals surface area contributed by atoms with Crippen molar-refractivity contribution in [2.75, 3.05) is 18.4 Å². The predicted molar refractivity (Wildman–Crippen MR) is 89.4 cm³/mol. The highest BCUT2D eigenvalue weighted by Gasteiger charge is 2.12. The van der Waals surface area contributed by atoms with Crippen LogP contribution in [0.25, 0.3) is 10.8 Å². The van der Waals surface area contributed by atoms with Crippen molar-refractivity contribution in [2.24, 2.45) is 0 Å². The van der Waals surface area contributed by atoms with E-state index in [2.05, 4.69) is 80.4 Å². The highest BCUT2D eigenvalue weighted by molar-refractivity contribution is 5.93. The molecule has 0 radical (unpaired) electrons. The fourth-order valence-corrected chi connectivity index (χ4v) is 2.81. The Balaban J connectivity index is 2.03. The molecular weight excluding hydrogens is 244 g/mol. The van der Waals surface area contributed by atoms with Crippen molar-refractivity contribution in [1.29, 1.82) is 0 Å². The van der Waals surface area contributed by atoms with E-state index in [1.807, 2.05) is 0 Å². The molecule has 0 aliphatic heterocycles. The van der Waals surface area contributed by atoms with Crippen molar-refractivity contribution in [3.63, 3.8) is 0 Å².